The standard InChI is InChI=1S/C55H62N4O7S2/c56-52-38-13-12-37-44(61)15-14-42-53-59-26-40-39(25-57-43(40)27-59)35-16-19-55(29-58-52,50(38)49(35)37)30-68-67-28-41-34(47(64)24-48(51(41)66-53)65-21-20-54(42)17-4-5-18-54)11-9-33(60)23-46(63)36-10-8-32(22-45(36)62)31-6-2-1-3-7-31/h8,10,12-13,24-26,31-32,35-36,42,44-46,52-53,58,61-64H,1-7,9,11,16-19,22-23,27-30,56H2. The van der Waals surface area contributed by atoms with Gasteiger partial charge in [0.05, 0.1) is 42.0 Å². The maximum Gasteiger partial charge on any atom is 0.187 e. The number of fused-ring (bicyclic) bond motifs is 2. The van der Waals surface area contributed by atoms with E-state index in [1.54, 1.807) is 27.7 Å². The first-order chi connectivity index (χ1) is 33.1. The van der Waals surface area contributed by atoms with Crippen LogP contribution in [-0.4, -0.2) is 74.1 Å². The summed E-state index contributed by atoms with van der Waals surface area (Å²) < 4.78 is 13.9. The number of nitrogens with zero attached hydrogens (tertiary/aromatic N) is 2. The Morgan fingerprint density at radius 1 is 1.04 bits per heavy atom. The van der Waals surface area contributed by atoms with Gasteiger partial charge in [0.15, 0.2) is 17.7 Å². The Kier molecular flexibility index (Phi) is 11.8. The van der Waals surface area contributed by atoms with E-state index in [-0.39, 0.29) is 48.3 Å². The Morgan fingerprint density at radius 3 is 2.72 bits per heavy atom. The Morgan fingerprint density at radius 2 is 1.88 bits per heavy atom. The maximum absolute atomic E-state index is 13.9. The van der Waals surface area contributed by atoms with Crippen molar-refractivity contribution in [3.8, 4) is 41.1 Å². The van der Waals surface area contributed by atoms with E-state index < -0.39 is 41.8 Å². The fourth-order valence-electron chi connectivity index (χ4n) is 13.9. The van der Waals surface area contributed by atoms with Gasteiger partial charge in [-0.2, -0.15) is 0 Å². The Hall–Kier alpha value is -4.18. The minimum atomic E-state index is -1.08. The van der Waals surface area contributed by atoms with Gasteiger partial charge in [0, 0.05) is 83.3 Å². The van der Waals surface area contributed by atoms with Crippen molar-refractivity contribution >= 4 is 33.1 Å². The number of carbonyl (C=O) groups is 1. The molecule has 0 saturated heterocycles. The smallest absolute Gasteiger partial charge is 0.187 e. The molecule has 12 aliphatic rings. The highest BCUT2D eigenvalue weighted by molar-refractivity contribution is 8.76. The zero-order chi connectivity index (χ0) is 46.3. The second-order valence-electron chi connectivity index (χ2n) is 21.3. The fourth-order valence-corrected chi connectivity index (χ4v) is 16.6. The van der Waals surface area contributed by atoms with E-state index in [2.05, 4.69) is 52.4 Å². The predicted octanol–water partition coefficient (Wildman–Crippen LogP) is 7.87. The number of nitrogens with two attached hydrogens (primary N) is 1. The largest absolute Gasteiger partial charge is 0.508 e. The van der Waals surface area contributed by atoms with Crippen LogP contribution in [0.15, 0.2) is 58.9 Å². The van der Waals surface area contributed by atoms with Crippen molar-refractivity contribution in [2.75, 3.05) is 18.8 Å². The number of ether oxygens (including phenoxy) is 2. The first-order valence-electron chi connectivity index (χ1n) is 25.2. The van der Waals surface area contributed by atoms with Crippen LogP contribution in [0.2, 0.25) is 0 Å². The molecular weight excluding hydrogens is 893 g/mol. The minimum Gasteiger partial charge on any atom is -0.508 e. The molecule has 356 valence electrons. The third-order valence-electron chi connectivity index (χ3n) is 17.5. The third kappa shape index (κ3) is 7.66. The lowest BCUT2D eigenvalue weighted by Gasteiger charge is -2.49. The number of hydrogen-bond donors (Lipinski definition) is 6. The molecule has 2 aromatic rings. The topological polar surface area (TPSA) is 170 Å². The lowest BCUT2D eigenvalue weighted by atomic mass is 9.61. The number of hydrogen-bond acceptors (Lipinski definition) is 13. The number of phenols is 1. The highest BCUT2D eigenvalue weighted by Crippen LogP contribution is 2.57. The normalized spacial score (nSPS) is 33.2. The van der Waals surface area contributed by atoms with Gasteiger partial charge in [-0.05, 0) is 91.0 Å². The summed E-state index contributed by atoms with van der Waals surface area (Å²) in [5, 5.41) is 50.8. The van der Waals surface area contributed by atoms with Gasteiger partial charge >= 0.3 is 0 Å². The number of aromatic hydroxyl groups is 1. The molecule has 10 atom stereocenters. The molecule has 68 heavy (non-hydrogen) atoms. The quantitative estimate of drug-likeness (QED) is 0.0904. The molecular formula is C55H62N4O7S2. The molecule has 2 saturated carbocycles. The van der Waals surface area contributed by atoms with Gasteiger partial charge in [-0.3, -0.25) is 15.1 Å². The van der Waals surface area contributed by atoms with E-state index >= 15 is 0 Å². The van der Waals surface area contributed by atoms with Gasteiger partial charge in [-0.1, -0.05) is 95.7 Å². The summed E-state index contributed by atoms with van der Waals surface area (Å²) in [7, 11) is 3.46. The van der Waals surface area contributed by atoms with Crippen LogP contribution >= 0.6 is 21.6 Å². The van der Waals surface area contributed by atoms with E-state index in [0.717, 1.165) is 83.4 Å². The summed E-state index contributed by atoms with van der Waals surface area (Å²) in [6.07, 6.45) is 19.8. The van der Waals surface area contributed by atoms with Crippen LogP contribution in [0.4, 0.5) is 0 Å². The molecule has 8 heterocycles. The SMILES string of the molecule is NC1NCC23CCC4C5=CN=C6CN(C=C56)C5Oc6c(cc(O)c(CCC(=O)CC(O)C7C=CC(C8CCCCC8)CC7O)c6CSSC2)OC#CC2(CCCC2)C5C#CC(O)c2ccc1c3c24. The summed E-state index contributed by atoms with van der Waals surface area (Å²) in [4.78, 5) is 21.2. The molecule has 0 amide bonds. The monoisotopic (exact) mass is 954 g/mol. The van der Waals surface area contributed by atoms with Crippen LogP contribution in [0, 0.1) is 53.0 Å². The summed E-state index contributed by atoms with van der Waals surface area (Å²) >= 11 is 0. The molecule has 2 aromatic carbocycles. The second kappa shape index (κ2) is 17.9. The number of ketones is 1. The van der Waals surface area contributed by atoms with Gasteiger partial charge in [0.2, 0.25) is 0 Å². The Labute approximate surface area is 407 Å². The van der Waals surface area contributed by atoms with E-state index in [1.807, 2.05) is 18.3 Å². The van der Waals surface area contributed by atoms with Crippen LogP contribution in [0.3, 0.4) is 0 Å². The molecule has 10 unspecified atom stereocenters. The van der Waals surface area contributed by atoms with Crippen LogP contribution in [0.5, 0.6) is 17.2 Å². The number of Topliss-reactive ketones (excluding diaryl/α,β-unsaturated/α-hetero) is 1. The van der Waals surface area contributed by atoms with E-state index in [1.165, 1.54) is 37.7 Å². The summed E-state index contributed by atoms with van der Waals surface area (Å²) in [5.41, 5.74) is 14.8. The average molecular weight is 955 g/mol. The lowest BCUT2D eigenvalue weighted by Crippen LogP contribution is -2.52. The highest BCUT2D eigenvalue weighted by Gasteiger charge is 2.52. The molecule has 0 radical (unpaired) electrons. The first kappa shape index (κ1) is 45.0. The average Bonchev–Trinajstić information content (AvgIpc) is 4.10. The molecule has 8 aliphatic heterocycles. The van der Waals surface area contributed by atoms with Gasteiger partial charge in [0.25, 0.3) is 0 Å². The van der Waals surface area contributed by atoms with Gasteiger partial charge in [0.1, 0.15) is 23.7 Å². The predicted molar refractivity (Wildman–Crippen MR) is 264 cm³/mol. The number of carbonyl (C=O) groups excluding carboxylic acids is 1. The van der Waals surface area contributed by atoms with Crippen LogP contribution in [0.1, 0.15) is 141 Å². The number of aliphatic hydroxyl groups excluding tert-OH is 3. The van der Waals surface area contributed by atoms with E-state index in [4.69, 9.17) is 20.2 Å². The van der Waals surface area contributed by atoms with Gasteiger partial charge < -0.3 is 40.5 Å². The van der Waals surface area contributed by atoms with Gasteiger partial charge in [-0.25, -0.2) is 0 Å². The second-order valence-corrected chi connectivity index (χ2v) is 23.8. The van der Waals surface area contributed by atoms with Crippen LogP contribution in [0.25, 0.3) is 0 Å². The molecule has 13 heteroatoms. The number of phenolic OH excluding ortho intramolecular Hbond substituents is 1. The highest BCUT2D eigenvalue weighted by atomic mass is 33.1. The Balaban J connectivity index is 0.942. The van der Waals surface area contributed by atoms with Crippen molar-refractivity contribution in [3.63, 3.8) is 0 Å². The third-order valence-corrected chi connectivity index (χ3v) is 20.0. The molecule has 7 N–H and O–H groups in total. The number of rotatable bonds is 7. The van der Waals surface area contributed by atoms with Crippen molar-refractivity contribution in [3.05, 3.63) is 87.3 Å². The van der Waals surface area contributed by atoms with Crippen LogP contribution in [-0.2, 0) is 22.4 Å². The number of nitrogens with one attached hydrogen (secondary N) is 1. The Bertz CT molecular complexity index is 2660. The van der Waals surface area contributed by atoms with Crippen molar-refractivity contribution in [2.45, 2.75) is 144 Å². The summed E-state index contributed by atoms with van der Waals surface area (Å²) in [6.45, 7) is 1.19. The first-order valence-corrected chi connectivity index (χ1v) is 27.7. The minimum absolute atomic E-state index is 0.00516. The molecule has 11 nitrogen and oxygen atoms in total. The molecule has 0 aromatic heterocycles. The van der Waals surface area contributed by atoms with Crippen molar-refractivity contribution in [1.82, 2.24) is 10.2 Å². The summed E-state index contributed by atoms with van der Waals surface area (Å²) in [6, 6.07) is 5.72. The van der Waals surface area contributed by atoms with Crippen LogP contribution < -0.4 is 20.5 Å². The molecule has 2 fully saturated rings. The molecule has 10 bridgehead atoms. The number of aliphatic hydroxyl groups is 3. The maximum atomic E-state index is 13.9. The van der Waals surface area contributed by atoms with E-state index in [0.29, 0.717) is 54.2 Å². The van der Waals surface area contributed by atoms with E-state index in [9.17, 15) is 25.2 Å². The lowest BCUT2D eigenvalue weighted by molar-refractivity contribution is -0.122. The molecule has 4 aliphatic carbocycles. The van der Waals surface area contributed by atoms with Crippen molar-refractivity contribution < 1.29 is 34.7 Å². The molecule has 2 spiro atoms. The van der Waals surface area contributed by atoms with Gasteiger partial charge in [-0.15, -0.1) is 0 Å². The number of aliphatic imine (C=N–C) groups is 1. The summed E-state index contributed by atoms with van der Waals surface area (Å²) in [5.74, 6) is 12.3. The number of allylic oxidation sites excluding steroid dienone is 2. The number of benzene rings is 2. The van der Waals surface area contributed by atoms with Crippen molar-refractivity contribution in [2.24, 2.45) is 39.8 Å². The zero-order valence-corrected chi connectivity index (χ0v) is 40.2. The molecule has 14 rings (SSSR count). The zero-order valence-electron chi connectivity index (χ0n) is 38.6. The fraction of sp³-hybridized carbons (Fsp3) is 0.564. The van der Waals surface area contributed by atoms with Crippen molar-refractivity contribution in [1.29, 1.82) is 0 Å².